The molecule has 0 aliphatic rings. The lowest BCUT2D eigenvalue weighted by Gasteiger charge is -2.06. The van der Waals surface area contributed by atoms with Crippen molar-refractivity contribution in [3.63, 3.8) is 0 Å². The quantitative estimate of drug-likeness (QED) is 0.902. The Balaban J connectivity index is 2.14. The monoisotopic (exact) mass is 294 g/mol. The van der Waals surface area contributed by atoms with Gasteiger partial charge in [-0.1, -0.05) is 28.9 Å². The molecule has 1 atom stereocenters. The predicted molar refractivity (Wildman–Crippen MR) is 71.5 cm³/mol. The van der Waals surface area contributed by atoms with Crippen LogP contribution in [0, 0.1) is 0 Å². The van der Waals surface area contributed by atoms with Gasteiger partial charge in [-0.3, -0.25) is 9.59 Å². The number of aromatic nitrogens is 1. The zero-order valence-corrected chi connectivity index (χ0v) is 11.2. The first-order chi connectivity index (χ1) is 9.47. The highest BCUT2D eigenvalue weighted by Gasteiger charge is 2.19. The lowest BCUT2D eigenvalue weighted by atomic mass is 10.1. The summed E-state index contributed by atoms with van der Waals surface area (Å²) in [5.74, 6) is -1.81. The number of nitrogens with zero attached hydrogens (tertiary/aromatic N) is 1. The minimum atomic E-state index is -1.13. The molecule has 0 aliphatic carbocycles. The van der Waals surface area contributed by atoms with Gasteiger partial charge in [-0.2, -0.15) is 0 Å². The zero-order valence-electron chi connectivity index (χ0n) is 10.5. The van der Waals surface area contributed by atoms with Crippen LogP contribution in [-0.2, 0) is 4.79 Å². The number of rotatable bonds is 4. The van der Waals surface area contributed by atoms with Crippen LogP contribution in [0.3, 0.4) is 0 Å². The van der Waals surface area contributed by atoms with Crippen LogP contribution >= 0.6 is 11.6 Å². The van der Waals surface area contributed by atoms with Gasteiger partial charge in [0.1, 0.15) is 11.7 Å². The summed E-state index contributed by atoms with van der Waals surface area (Å²) < 4.78 is 4.90. The van der Waals surface area contributed by atoms with Crippen LogP contribution in [0.2, 0.25) is 5.02 Å². The van der Waals surface area contributed by atoms with E-state index in [1.807, 2.05) is 0 Å². The molecule has 0 radical (unpaired) electrons. The number of aliphatic carboxylic acids is 1. The molecule has 1 aromatic carbocycles. The average Bonchev–Trinajstić information content (AvgIpc) is 2.89. The van der Waals surface area contributed by atoms with Crippen molar-refractivity contribution in [2.45, 2.75) is 13.0 Å². The summed E-state index contributed by atoms with van der Waals surface area (Å²) in [5.41, 5.74) is 1.21. The summed E-state index contributed by atoms with van der Waals surface area (Å²) >= 11 is 5.78. The van der Waals surface area contributed by atoms with Gasteiger partial charge < -0.3 is 14.9 Å². The highest BCUT2D eigenvalue weighted by molar-refractivity contribution is 6.30. The molecule has 0 unspecified atom stereocenters. The van der Waals surface area contributed by atoms with E-state index < -0.39 is 17.9 Å². The zero-order chi connectivity index (χ0) is 14.7. The summed E-state index contributed by atoms with van der Waals surface area (Å²) in [6, 6.07) is 7.29. The lowest BCUT2D eigenvalue weighted by Crippen LogP contribution is -2.38. The molecule has 0 bridgehead atoms. The van der Waals surface area contributed by atoms with Crippen LogP contribution in [0.25, 0.3) is 11.3 Å². The first-order valence-corrected chi connectivity index (χ1v) is 6.11. The Morgan fingerprint density at radius 2 is 2.00 bits per heavy atom. The van der Waals surface area contributed by atoms with Gasteiger partial charge in [0.2, 0.25) is 5.76 Å². The number of carboxylic acids is 1. The fraction of sp³-hybridized carbons (Fsp3) is 0.154. The largest absolute Gasteiger partial charge is 0.480 e. The molecule has 2 rings (SSSR count). The van der Waals surface area contributed by atoms with Crippen molar-refractivity contribution < 1.29 is 19.2 Å². The van der Waals surface area contributed by atoms with Crippen molar-refractivity contribution in [2.24, 2.45) is 0 Å². The van der Waals surface area contributed by atoms with Crippen molar-refractivity contribution in [3.8, 4) is 11.3 Å². The predicted octanol–water partition coefficient (Wildman–Crippen LogP) is 2.20. The second kappa shape index (κ2) is 5.75. The fourth-order valence-corrected chi connectivity index (χ4v) is 1.59. The summed E-state index contributed by atoms with van der Waals surface area (Å²) in [5, 5.41) is 15.3. The van der Waals surface area contributed by atoms with Crippen molar-refractivity contribution in [2.75, 3.05) is 0 Å². The number of carbonyl (C=O) groups is 2. The maximum atomic E-state index is 11.7. The third-order valence-electron chi connectivity index (χ3n) is 2.59. The Morgan fingerprint density at radius 3 is 2.60 bits per heavy atom. The molecule has 0 fully saturated rings. The van der Waals surface area contributed by atoms with Gasteiger partial charge in [-0.15, -0.1) is 0 Å². The highest BCUT2D eigenvalue weighted by atomic mass is 35.5. The minimum Gasteiger partial charge on any atom is -0.480 e. The van der Waals surface area contributed by atoms with Crippen LogP contribution < -0.4 is 5.32 Å². The number of hydrogen-bond donors (Lipinski definition) is 2. The van der Waals surface area contributed by atoms with Crippen molar-refractivity contribution in [3.05, 3.63) is 41.1 Å². The molecule has 0 saturated carbocycles. The Labute approximate surface area is 119 Å². The third-order valence-corrected chi connectivity index (χ3v) is 2.84. The van der Waals surface area contributed by atoms with Gasteiger partial charge >= 0.3 is 5.97 Å². The van der Waals surface area contributed by atoms with Crippen molar-refractivity contribution in [1.29, 1.82) is 0 Å². The summed E-state index contributed by atoms with van der Waals surface area (Å²) in [7, 11) is 0. The smallest absolute Gasteiger partial charge is 0.325 e. The van der Waals surface area contributed by atoms with Crippen molar-refractivity contribution >= 4 is 23.5 Å². The van der Waals surface area contributed by atoms with E-state index in [-0.39, 0.29) is 5.76 Å². The number of nitrogens with one attached hydrogen (secondary N) is 1. The SMILES string of the molecule is C[C@@H](NC(=O)c1cc(-c2ccc(Cl)cc2)no1)C(=O)O. The van der Waals surface area contributed by atoms with E-state index in [9.17, 15) is 9.59 Å². The maximum absolute atomic E-state index is 11.7. The Bertz CT molecular complexity index is 636. The molecule has 1 amide bonds. The number of hydrogen-bond acceptors (Lipinski definition) is 4. The number of carboxylic acid groups (broad SMARTS) is 1. The van der Waals surface area contributed by atoms with Gasteiger partial charge in [-0.05, 0) is 19.1 Å². The molecule has 1 heterocycles. The van der Waals surface area contributed by atoms with Crippen molar-refractivity contribution in [1.82, 2.24) is 10.5 Å². The lowest BCUT2D eigenvalue weighted by molar-refractivity contribution is -0.138. The van der Waals surface area contributed by atoms with Crippen LogP contribution in [-0.4, -0.2) is 28.2 Å². The van der Waals surface area contributed by atoms with Gasteiger partial charge in [0, 0.05) is 16.7 Å². The number of halogens is 1. The standard InChI is InChI=1S/C13H11ClN2O4/c1-7(13(18)19)15-12(17)11-6-10(16-20-11)8-2-4-9(14)5-3-8/h2-7H,1H3,(H,15,17)(H,18,19)/t7-/m1/s1. The molecular formula is C13H11ClN2O4. The molecule has 6 nitrogen and oxygen atoms in total. The third kappa shape index (κ3) is 3.16. The molecule has 104 valence electrons. The Kier molecular flexibility index (Phi) is 4.05. The van der Waals surface area contributed by atoms with Gasteiger partial charge in [0.05, 0.1) is 0 Å². The van der Waals surface area contributed by atoms with Crippen LogP contribution in [0.15, 0.2) is 34.9 Å². The van der Waals surface area contributed by atoms with Crippen LogP contribution in [0.1, 0.15) is 17.5 Å². The highest BCUT2D eigenvalue weighted by Crippen LogP contribution is 2.21. The maximum Gasteiger partial charge on any atom is 0.325 e. The molecule has 2 N–H and O–H groups in total. The van der Waals surface area contributed by atoms with Gasteiger partial charge in [0.15, 0.2) is 0 Å². The molecule has 1 aromatic heterocycles. The normalized spacial score (nSPS) is 11.9. The number of benzene rings is 1. The average molecular weight is 295 g/mol. The second-order valence-electron chi connectivity index (χ2n) is 4.12. The molecular weight excluding hydrogens is 284 g/mol. The van der Waals surface area contributed by atoms with E-state index in [2.05, 4.69) is 10.5 Å². The van der Waals surface area contributed by atoms with E-state index >= 15 is 0 Å². The van der Waals surface area contributed by atoms with E-state index in [1.54, 1.807) is 24.3 Å². The molecule has 2 aromatic rings. The number of carbonyl (C=O) groups excluding carboxylic acids is 1. The number of amides is 1. The van der Waals surface area contributed by atoms with E-state index in [4.69, 9.17) is 21.2 Å². The summed E-state index contributed by atoms with van der Waals surface area (Å²) in [6.07, 6.45) is 0. The first-order valence-electron chi connectivity index (χ1n) is 5.73. The van der Waals surface area contributed by atoms with Gasteiger partial charge in [0.25, 0.3) is 5.91 Å². The summed E-state index contributed by atoms with van der Waals surface area (Å²) in [4.78, 5) is 22.4. The molecule has 20 heavy (non-hydrogen) atoms. The first kappa shape index (κ1) is 14.1. The van der Waals surface area contributed by atoms with Gasteiger partial charge in [-0.25, -0.2) is 0 Å². The fourth-order valence-electron chi connectivity index (χ4n) is 1.47. The topological polar surface area (TPSA) is 92.4 Å². The Morgan fingerprint density at radius 1 is 1.35 bits per heavy atom. The van der Waals surface area contributed by atoms with E-state index in [0.29, 0.717) is 10.7 Å². The second-order valence-corrected chi connectivity index (χ2v) is 4.55. The molecule has 0 spiro atoms. The Hall–Kier alpha value is -2.34. The summed E-state index contributed by atoms with van der Waals surface area (Å²) in [6.45, 7) is 1.36. The van der Waals surface area contributed by atoms with E-state index in [0.717, 1.165) is 5.56 Å². The van der Waals surface area contributed by atoms with Crippen LogP contribution in [0.5, 0.6) is 0 Å². The molecule has 7 heteroatoms. The molecule has 0 saturated heterocycles. The minimum absolute atomic E-state index is 0.0527. The van der Waals surface area contributed by atoms with Crippen LogP contribution in [0.4, 0.5) is 0 Å². The molecule has 0 aliphatic heterocycles. The van der Waals surface area contributed by atoms with E-state index in [1.165, 1.54) is 13.0 Å².